The van der Waals surface area contributed by atoms with Crippen LogP contribution in [0.15, 0.2) is 0 Å². The van der Waals surface area contributed by atoms with Gasteiger partial charge in [0.2, 0.25) is 0 Å². The molecule has 18 heavy (non-hydrogen) atoms. The van der Waals surface area contributed by atoms with E-state index >= 15 is 0 Å². The topological polar surface area (TPSA) is 37.8 Å². The number of anilines is 1. The molecule has 0 radical (unpaired) electrons. The van der Waals surface area contributed by atoms with Gasteiger partial charge in [0, 0.05) is 11.5 Å². The van der Waals surface area contributed by atoms with Crippen molar-refractivity contribution in [3.8, 4) is 12.3 Å². The van der Waals surface area contributed by atoms with E-state index in [4.69, 9.17) is 18.0 Å². The van der Waals surface area contributed by atoms with E-state index in [9.17, 15) is 0 Å². The number of rotatable bonds is 5. The van der Waals surface area contributed by atoms with Crippen molar-refractivity contribution in [2.24, 2.45) is 0 Å². The van der Waals surface area contributed by atoms with Gasteiger partial charge in [-0.1, -0.05) is 30.9 Å². The van der Waals surface area contributed by atoms with Crippen LogP contribution in [-0.4, -0.2) is 16.0 Å². The number of nitrogens with one attached hydrogen (secondary N) is 1. The van der Waals surface area contributed by atoms with Crippen molar-refractivity contribution < 1.29 is 0 Å². The Kier molecular flexibility index (Phi) is 4.08. The van der Waals surface area contributed by atoms with Gasteiger partial charge in [-0.25, -0.2) is 9.97 Å². The summed E-state index contributed by atoms with van der Waals surface area (Å²) in [6, 6.07) is 0.00622. The summed E-state index contributed by atoms with van der Waals surface area (Å²) in [5, 5.41) is 3.82. The second-order valence-corrected chi connectivity index (χ2v) is 5.13. The van der Waals surface area contributed by atoms with Gasteiger partial charge in [-0.15, -0.1) is 6.42 Å². The van der Waals surface area contributed by atoms with Crippen LogP contribution in [0.2, 0.25) is 5.15 Å². The lowest BCUT2D eigenvalue weighted by Crippen LogP contribution is -2.19. The summed E-state index contributed by atoms with van der Waals surface area (Å²) in [5.41, 5.74) is 0.873. The van der Waals surface area contributed by atoms with Crippen molar-refractivity contribution in [1.82, 2.24) is 9.97 Å². The van der Waals surface area contributed by atoms with E-state index in [0.717, 1.165) is 42.9 Å². The molecule has 1 aromatic heterocycles. The van der Waals surface area contributed by atoms with Crippen molar-refractivity contribution in [3.05, 3.63) is 16.5 Å². The zero-order chi connectivity index (χ0) is 13.1. The van der Waals surface area contributed by atoms with Crippen molar-refractivity contribution in [1.29, 1.82) is 0 Å². The van der Waals surface area contributed by atoms with Crippen LogP contribution in [0, 0.1) is 19.3 Å². The summed E-state index contributed by atoms with van der Waals surface area (Å²) >= 11 is 6.15. The molecule has 0 bridgehead atoms. The maximum Gasteiger partial charge on any atom is 0.137 e. The van der Waals surface area contributed by atoms with Gasteiger partial charge in [-0.05, 0) is 26.2 Å². The minimum Gasteiger partial charge on any atom is -0.356 e. The molecule has 0 aliphatic heterocycles. The average Bonchev–Trinajstić information content (AvgIpc) is 3.18. The number of aromatic nitrogens is 2. The Labute approximate surface area is 113 Å². The molecule has 1 N–H and O–H groups in total. The molecule has 0 aromatic carbocycles. The fourth-order valence-electron chi connectivity index (χ4n) is 1.82. The third-order valence-corrected chi connectivity index (χ3v) is 3.50. The lowest BCUT2D eigenvalue weighted by atomic mass is 10.1. The van der Waals surface area contributed by atoms with Crippen LogP contribution in [-0.2, 0) is 0 Å². The third kappa shape index (κ3) is 2.94. The first-order valence-corrected chi connectivity index (χ1v) is 6.80. The molecule has 1 aromatic rings. The number of hydrogen-bond acceptors (Lipinski definition) is 3. The molecule has 1 atom stereocenters. The zero-order valence-corrected chi connectivity index (χ0v) is 11.6. The van der Waals surface area contributed by atoms with Crippen LogP contribution in [0.4, 0.5) is 5.82 Å². The monoisotopic (exact) mass is 263 g/mol. The molecule has 2 rings (SSSR count). The van der Waals surface area contributed by atoms with Crippen LogP contribution in [0.3, 0.4) is 0 Å². The van der Waals surface area contributed by atoms with Crippen LogP contribution in [0.1, 0.15) is 49.9 Å². The van der Waals surface area contributed by atoms with E-state index in [-0.39, 0.29) is 6.04 Å². The van der Waals surface area contributed by atoms with E-state index in [1.54, 1.807) is 0 Å². The standard InChI is InChI=1S/C14H18ClN3/c1-4-6-11(5-2)16-13-9(3)12(15)17-14(18-13)10-7-8-10/h2,10-11H,4,6-8H2,1,3H3,(H,16,17,18). The highest BCUT2D eigenvalue weighted by Gasteiger charge is 2.28. The molecule has 0 amide bonds. The first-order chi connectivity index (χ1) is 8.65. The minimum atomic E-state index is 0.00622. The first kappa shape index (κ1) is 13.2. The first-order valence-electron chi connectivity index (χ1n) is 6.42. The van der Waals surface area contributed by atoms with Gasteiger partial charge in [0.05, 0.1) is 6.04 Å². The molecule has 0 spiro atoms. The Bertz CT molecular complexity index is 475. The SMILES string of the molecule is C#CC(CCC)Nc1nc(C2CC2)nc(Cl)c1C. The van der Waals surface area contributed by atoms with Gasteiger partial charge >= 0.3 is 0 Å². The molecule has 1 unspecified atom stereocenters. The molecule has 1 heterocycles. The quantitative estimate of drug-likeness (QED) is 0.652. The minimum absolute atomic E-state index is 0.00622. The molecule has 0 saturated heterocycles. The van der Waals surface area contributed by atoms with Gasteiger partial charge in [-0.2, -0.15) is 0 Å². The third-order valence-electron chi connectivity index (χ3n) is 3.14. The summed E-state index contributed by atoms with van der Waals surface area (Å²) < 4.78 is 0. The fraction of sp³-hybridized carbons (Fsp3) is 0.571. The Balaban J connectivity index is 2.23. The molecule has 4 heteroatoms. The number of terminal acetylenes is 1. The maximum atomic E-state index is 6.15. The fourth-order valence-corrected chi connectivity index (χ4v) is 2.00. The highest BCUT2D eigenvalue weighted by atomic mass is 35.5. The van der Waals surface area contributed by atoms with Crippen LogP contribution in [0.25, 0.3) is 0 Å². The van der Waals surface area contributed by atoms with Gasteiger partial charge in [-0.3, -0.25) is 0 Å². The van der Waals surface area contributed by atoms with Crippen molar-refractivity contribution >= 4 is 17.4 Å². The van der Waals surface area contributed by atoms with E-state index < -0.39 is 0 Å². The molecule has 3 nitrogen and oxygen atoms in total. The van der Waals surface area contributed by atoms with Crippen molar-refractivity contribution in [2.75, 3.05) is 5.32 Å². The molecule has 1 fully saturated rings. The van der Waals surface area contributed by atoms with Gasteiger partial charge in [0.15, 0.2) is 0 Å². The van der Waals surface area contributed by atoms with Crippen molar-refractivity contribution in [3.63, 3.8) is 0 Å². The largest absolute Gasteiger partial charge is 0.356 e. The zero-order valence-electron chi connectivity index (χ0n) is 10.8. The Morgan fingerprint density at radius 2 is 2.22 bits per heavy atom. The van der Waals surface area contributed by atoms with Gasteiger partial charge < -0.3 is 5.32 Å². The summed E-state index contributed by atoms with van der Waals surface area (Å²) in [4.78, 5) is 8.90. The normalized spacial score (nSPS) is 16.1. The van der Waals surface area contributed by atoms with Crippen molar-refractivity contribution in [2.45, 2.75) is 51.5 Å². The number of halogens is 1. The summed E-state index contributed by atoms with van der Waals surface area (Å²) in [5.74, 6) is 4.87. The summed E-state index contributed by atoms with van der Waals surface area (Å²) in [7, 11) is 0. The van der Waals surface area contributed by atoms with E-state index in [1.165, 1.54) is 0 Å². The number of nitrogens with zero attached hydrogens (tertiary/aromatic N) is 2. The highest BCUT2D eigenvalue weighted by molar-refractivity contribution is 6.30. The summed E-state index contributed by atoms with van der Waals surface area (Å²) in [6.07, 6.45) is 9.80. The Hall–Kier alpha value is -1.27. The lowest BCUT2D eigenvalue weighted by Gasteiger charge is -2.16. The molecule has 1 aliphatic carbocycles. The molecule has 1 saturated carbocycles. The lowest BCUT2D eigenvalue weighted by molar-refractivity contribution is 0.748. The predicted molar refractivity (Wildman–Crippen MR) is 74.9 cm³/mol. The van der Waals surface area contributed by atoms with Gasteiger partial charge in [0.25, 0.3) is 0 Å². The molecule has 96 valence electrons. The molecular weight excluding hydrogens is 246 g/mol. The van der Waals surface area contributed by atoms with Crippen LogP contribution < -0.4 is 5.32 Å². The van der Waals surface area contributed by atoms with E-state index in [1.807, 2.05) is 6.92 Å². The van der Waals surface area contributed by atoms with E-state index in [0.29, 0.717) is 11.1 Å². The van der Waals surface area contributed by atoms with Crippen LogP contribution in [0.5, 0.6) is 0 Å². The van der Waals surface area contributed by atoms with E-state index in [2.05, 4.69) is 28.1 Å². The summed E-state index contributed by atoms with van der Waals surface area (Å²) in [6.45, 7) is 4.03. The second-order valence-electron chi connectivity index (χ2n) is 4.77. The molecular formula is C14H18ClN3. The second kappa shape index (κ2) is 5.58. The Morgan fingerprint density at radius 3 is 2.78 bits per heavy atom. The highest BCUT2D eigenvalue weighted by Crippen LogP contribution is 2.39. The molecule has 1 aliphatic rings. The Morgan fingerprint density at radius 1 is 1.50 bits per heavy atom. The average molecular weight is 264 g/mol. The van der Waals surface area contributed by atoms with Crippen LogP contribution >= 0.6 is 11.6 Å². The number of hydrogen-bond donors (Lipinski definition) is 1. The predicted octanol–water partition coefficient (Wildman–Crippen LogP) is 3.53. The maximum absolute atomic E-state index is 6.15. The smallest absolute Gasteiger partial charge is 0.137 e. The van der Waals surface area contributed by atoms with Gasteiger partial charge in [0.1, 0.15) is 16.8 Å².